The first-order valence-corrected chi connectivity index (χ1v) is 13.9. The highest BCUT2D eigenvalue weighted by atomic mass is 16.5. The van der Waals surface area contributed by atoms with E-state index in [1.807, 2.05) is 51.1 Å². The molecule has 1 unspecified atom stereocenters. The number of fused-ring (bicyclic) bond motifs is 1. The van der Waals surface area contributed by atoms with E-state index in [9.17, 15) is 14.4 Å². The molecule has 0 saturated carbocycles. The van der Waals surface area contributed by atoms with Gasteiger partial charge in [-0.05, 0) is 48.8 Å². The summed E-state index contributed by atoms with van der Waals surface area (Å²) in [6.45, 7) is 3.89. The van der Waals surface area contributed by atoms with Crippen LogP contribution in [-0.4, -0.2) is 78.8 Å². The van der Waals surface area contributed by atoms with Crippen LogP contribution >= 0.6 is 0 Å². The Balaban J connectivity index is 1.02. The Bertz CT molecular complexity index is 1380. The van der Waals surface area contributed by atoms with Crippen molar-refractivity contribution in [1.82, 2.24) is 14.7 Å². The van der Waals surface area contributed by atoms with Crippen LogP contribution in [0.5, 0.6) is 5.75 Å². The van der Waals surface area contributed by atoms with Gasteiger partial charge in [-0.2, -0.15) is 0 Å². The summed E-state index contributed by atoms with van der Waals surface area (Å²) in [4.78, 5) is 44.9. The van der Waals surface area contributed by atoms with Gasteiger partial charge >= 0.3 is 0 Å². The number of rotatable bonds is 6. The smallest absolute Gasteiger partial charge is 0.289 e. The molecule has 6 rings (SSSR count). The Labute approximate surface area is 228 Å². The average Bonchev–Trinajstić information content (AvgIpc) is 3.69. The first-order valence-electron chi connectivity index (χ1n) is 13.9. The predicted octanol–water partition coefficient (Wildman–Crippen LogP) is 3.99. The van der Waals surface area contributed by atoms with Gasteiger partial charge in [0, 0.05) is 51.1 Å². The summed E-state index contributed by atoms with van der Waals surface area (Å²) in [7, 11) is 1.59. The number of carbonyl (C=O) groups is 3. The molecule has 1 aromatic heterocycles. The van der Waals surface area contributed by atoms with Gasteiger partial charge in [-0.15, -0.1) is 0 Å². The number of hydrogen-bond acceptors (Lipinski definition) is 5. The number of furan rings is 1. The van der Waals surface area contributed by atoms with E-state index in [1.54, 1.807) is 13.2 Å². The highest BCUT2D eigenvalue weighted by molar-refractivity contribution is 5.97. The summed E-state index contributed by atoms with van der Waals surface area (Å²) in [6.07, 6.45) is 3.78. The van der Waals surface area contributed by atoms with Gasteiger partial charge in [-0.1, -0.05) is 42.5 Å². The second-order valence-corrected chi connectivity index (χ2v) is 11.3. The van der Waals surface area contributed by atoms with Gasteiger partial charge in [0.15, 0.2) is 17.1 Å². The molecular weight excluding hydrogens is 494 g/mol. The van der Waals surface area contributed by atoms with Crippen LogP contribution in [0, 0.1) is 11.3 Å². The van der Waals surface area contributed by atoms with Gasteiger partial charge in [-0.3, -0.25) is 14.4 Å². The molecule has 3 aromatic rings. The lowest BCUT2D eigenvalue weighted by atomic mass is 9.77. The second-order valence-electron chi connectivity index (χ2n) is 11.3. The molecule has 3 fully saturated rings. The molecule has 8 nitrogen and oxygen atoms in total. The molecule has 0 radical (unpaired) electrons. The van der Waals surface area contributed by atoms with Crippen molar-refractivity contribution in [2.24, 2.45) is 11.3 Å². The molecule has 39 heavy (non-hydrogen) atoms. The van der Waals surface area contributed by atoms with Crippen LogP contribution in [0.3, 0.4) is 0 Å². The highest BCUT2D eigenvalue weighted by Gasteiger charge is 2.45. The van der Waals surface area contributed by atoms with Crippen molar-refractivity contribution in [3.8, 4) is 5.75 Å². The third kappa shape index (κ3) is 5.00. The van der Waals surface area contributed by atoms with Crippen molar-refractivity contribution in [3.63, 3.8) is 0 Å². The molecule has 0 aliphatic carbocycles. The van der Waals surface area contributed by atoms with E-state index in [4.69, 9.17) is 9.15 Å². The fraction of sp³-hybridized carbons (Fsp3) is 0.452. The maximum absolute atomic E-state index is 13.4. The number of hydrogen-bond donors (Lipinski definition) is 0. The van der Waals surface area contributed by atoms with Gasteiger partial charge in [0.25, 0.3) is 5.91 Å². The molecule has 2 aromatic carbocycles. The molecule has 0 bridgehead atoms. The Morgan fingerprint density at radius 3 is 2.49 bits per heavy atom. The largest absolute Gasteiger partial charge is 0.493 e. The predicted molar refractivity (Wildman–Crippen MR) is 146 cm³/mol. The van der Waals surface area contributed by atoms with Crippen LogP contribution in [0.15, 0.2) is 59.0 Å². The summed E-state index contributed by atoms with van der Waals surface area (Å²) >= 11 is 0. The van der Waals surface area contributed by atoms with Gasteiger partial charge in [0.2, 0.25) is 11.8 Å². The van der Waals surface area contributed by atoms with Gasteiger partial charge in [-0.25, -0.2) is 0 Å². The quantitative estimate of drug-likeness (QED) is 0.482. The standard InChI is InChI=1S/C31H35N3O5/c1-38-25-9-5-8-23-18-26(39-28(23)25)30(37)32-15-11-31(12-16-32)13-17-34(21-31)29(36)24-19-27(35)33(20-24)14-10-22-6-3-2-4-7-22/h2-9,18,24H,10-17,19-21H2,1H3. The Morgan fingerprint density at radius 2 is 1.74 bits per heavy atom. The molecule has 1 spiro atoms. The minimum atomic E-state index is -0.254. The maximum atomic E-state index is 13.4. The highest BCUT2D eigenvalue weighted by Crippen LogP contribution is 2.41. The zero-order valence-corrected chi connectivity index (χ0v) is 22.4. The first kappa shape index (κ1) is 25.5. The average molecular weight is 530 g/mol. The zero-order valence-electron chi connectivity index (χ0n) is 22.4. The van der Waals surface area contributed by atoms with Crippen LogP contribution in [0.4, 0.5) is 0 Å². The number of nitrogens with zero attached hydrogens (tertiary/aromatic N) is 3. The molecule has 4 heterocycles. The molecule has 3 aliphatic rings. The van der Waals surface area contributed by atoms with Crippen LogP contribution in [0.1, 0.15) is 41.8 Å². The van der Waals surface area contributed by atoms with E-state index >= 15 is 0 Å². The van der Waals surface area contributed by atoms with Crippen molar-refractivity contribution < 1.29 is 23.5 Å². The first-order chi connectivity index (χ1) is 18.9. The van der Waals surface area contributed by atoms with Crippen molar-refractivity contribution in [2.75, 3.05) is 46.4 Å². The van der Waals surface area contributed by atoms with Crippen molar-refractivity contribution >= 4 is 28.7 Å². The van der Waals surface area contributed by atoms with E-state index in [-0.39, 0.29) is 29.1 Å². The topological polar surface area (TPSA) is 83.3 Å². The SMILES string of the molecule is COc1cccc2cc(C(=O)N3CCC4(CC3)CCN(C(=O)C3CC(=O)N(CCc5ccccc5)C3)C4)oc12. The second kappa shape index (κ2) is 10.4. The van der Waals surface area contributed by atoms with Crippen LogP contribution < -0.4 is 4.74 Å². The Kier molecular flexibility index (Phi) is 6.79. The molecule has 1 atom stereocenters. The lowest BCUT2D eigenvalue weighted by molar-refractivity contribution is -0.135. The fourth-order valence-electron chi connectivity index (χ4n) is 6.49. The molecular formula is C31H35N3O5. The zero-order chi connectivity index (χ0) is 27.0. The summed E-state index contributed by atoms with van der Waals surface area (Å²) in [5, 5.41) is 0.847. The number of ether oxygens (including phenoxy) is 1. The molecule has 3 aliphatic heterocycles. The normalized spacial score (nSPS) is 20.8. The summed E-state index contributed by atoms with van der Waals surface area (Å²) < 4.78 is 11.3. The van der Waals surface area contributed by atoms with Crippen molar-refractivity contribution in [3.05, 3.63) is 65.9 Å². The van der Waals surface area contributed by atoms with Gasteiger partial charge < -0.3 is 23.9 Å². The number of amides is 3. The monoisotopic (exact) mass is 529 g/mol. The summed E-state index contributed by atoms with van der Waals surface area (Å²) in [6, 6.07) is 17.5. The number of piperidine rings is 1. The molecule has 3 saturated heterocycles. The molecule has 3 amide bonds. The molecule has 8 heteroatoms. The molecule has 204 valence electrons. The van der Waals surface area contributed by atoms with E-state index < -0.39 is 0 Å². The fourth-order valence-corrected chi connectivity index (χ4v) is 6.49. The van der Waals surface area contributed by atoms with Crippen LogP contribution in [-0.2, 0) is 16.0 Å². The third-order valence-corrected chi connectivity index (χ3v) is 8.88. The van der Waals surface area contributed by atoms with Crippen molar-refractivity contribution in [2.45, 2.75) is 32.1 Å². The summed E-state index contributed by atoms with van der Waals surface area (Å²) in [5.74, 6) is 0.772. The lowest BCUT2D eigenvalue weighted by Gasteiger charge is -2.39. The van der Waals surface area contributed by atoms with E-state index in [0.29, 0.717) is 56.2 Å². The third-order valence-electron chi connectivity index (χ3n) is 8.88. The Morgan fingerprint density at radius 1 is 1.00 bits per heavy atom. The molecule has 0 N–H and O–H groups in total. The summed E-state index contributed by atoms with van der Waals surface area (Å²) in [5.41, 5.74) is 1.83. The minimum absolute atomic E-state index is 0.0408. The van der Waals surface area contributed by atoms with E-state index in [2.05, 4.69) is 12.1 Å². The van der Waals surface area contributed by atoms with Crippen LogP contribution in [0.25, 0.3) is 11.0 Å². The number of benzene rings is 2. The lowest BCUT2D eigenvalue weighted by Crippen LogP contribution is -2.45. The number of likely N-dealkylation sites (tertiary alicyclic amines) is 3. The van der Waals surface area contributed by atoms with Gasteiger partial charge in [0.05, 0.1) is 13.0 Å². The Hall–Kier alpha value is -3.81. The minimum Gasteiger partial charge on any atom is -0.493 e. The van der Waals surface area contributed by atoms with Crippen LogP contribution in [0.2, 0.25) is 0 Å². The number of carbonyl (C=O) groups excluding carboxylic acids is 3. The van der Waals surface area contributed by atoms with E-state index in [0.717, 1.165) is 37.6 Å². The van der Waals surface area contributed by atoms with Gasteiger partial charge in [0.1, 0.15) is 0 Å². The number of methoxy groups -OCH3 is 1. The van der Waals surface area contributed by atoms with E-state index in [1.165, 1.54) is 5.56 Å². The number of para-hydroxylation sites is 1. The van der Waals surface area contributed by atoms with Crippen molar-refractivity contribution in [1.29, 1.82) is 0 Å². The maximum Gasteiger partial charge on any atom is 0.289 e.